The Morgan fingerprint density at radius 3 is 2.62 bits per heavy atom. The standard InChI is InChI=1S/C15H23ClN2O3/c1-10(2)18(4)14(19)9-21-15-12(16)6-11(8-17-3)7-13(15)20-5/h6-7,10,17H,8-9H2,1-5H3. The van der Waals surface area contributed by atoms with Gasteiger partial charge in [-0.15, -0.1) is 0 Å². The molecule has 0 saturated carbocycles. The second-order valence-corrected chi connectivity index (χ2v) is 5.43. The fraction of sp³-hybridized carbons (Fsp3) is 0.533. The van der Waals surface area contributed by atoms with Crippen LogP contribution in [0, 0.1) is 0 Å². The number of likely N-dealkylation sites (N-methyl/N-ethyl adjacent to an activating group) is 1. The predicted octanol–water partition coefficient (Wildman–Crippen LogP) is 2.31. The lowest BCUT2D eigenvalue weighted by atomic mass is 10.2. The minimum Gasteiger partial charge on any atom is -0.493 e. The van der Waals surface area contributed by atoms with E-state index < -0.39 is 0 Å². The predicted molar refractivity (Wildman–Crippen MR) is 84.2 cm³/mol. The zero-order chi connectivity index (χ0) is 16.0. The molecule has 21 heavy (non-hydrogen) atoms. The summed E-state index contributed by atoms with van der Waals surface area (Å²) in [6.07, 6.45) is 0. The maximum absolute atomic E-state index is 11.9. The van der Waals surface area contributed by atoms with Crippen molar-refractivity contribution < 1.29 is 14.3 Å². The molecule has 0 aliphatic heterocycles. The number of halogens is 1. The molecule has 0 aliphatic carbocycles. The fourth-order valence-corrected chi connectivity index (χ4v) is 2.03. The Bertz CT molecular complexity index is 492. The van der Waals surface area contributed by atoms with E-state index in [-0.39, 0.29) is 18.6 Å². The van der Waals surface area contributed by atoms with Crippen LogP contribution in [-0.2, 0) is 11.3 Å². The van der Waals surface area contributed by atoms with Crippen LogP contribution in [0.15, 0.2) is 12.1 Å². The van der Waals surface area contributed by atoms with E-state index in [2.05, 4.69) is 5.32 Å². The zero-order valence-electron chi connectivity index (χ0n) is 13.2. The van der Waals surface area contributed by atoms with Crippen LogP contribution < -0.4 is 14.8 Å². The molecule has 5 nitrogen and oxygen atoms in total. The van der Waals surface area contributed by atoms with E-state index in [0.29, 0.717) is 23.1 Å². The van der Waals surface area contributed by atoms with Gasteiger partial charge in [-0.1, -0.05) is 11.6 Å². The molecule has 0 spiro atoms. The minimum absolute atomic E-state index is 0.0733. The Morgan fingerprint density at radius 2 is 2.10 bits per heavy atom. The lowest BCUT2D eigenvalue weighted by Gasteiger charge is -2.22. The maximum atomic E-state index is 11.9. The number of benzene rings is 1. The minimum atomic E-state index is -0.109. The van der Waals surface area contributed by atoms with E-state index in [9.17, 15) is 4.79 Å². The number of carbonyl (C=O) groups is 1. The highest BCUT2D eigenvalue weighted by atomic mass is 35.5. The van der Waals surface area contributed by atoms with Crippen LogP contribution in [0.1, 0.15) is 19.4 Å². The normalized spacial score (nSPS) is 10.6. The van der Waals surface area contributed by atoms with Crippen LogP contribution in [0.3, 0.4) is 0 Å². The monoisotopic (exact) mass is 314 g/mol. The molecule has 0 aliphatic rings. The molecule has 0 radical (unpaired) electrons. The number of nitrogens with zero attached hydrogens (tertiary/aromatic N) is 1. The van der Waals surface area contributed by atoms with Gasteiger partial charge < -0.3 is 19.7 Å². The Labute approximate surface area is 131 Å². The summed E-state index contributed by atoms with van der Waals surface area (Å²) in [6.45, 7) is 4.48. The average Bonchev–Trinajstić information content (AvgIpc) is 2.44. The van der Waals surface area contributed by atoms with Crippen molar-refractivity contribution >= 4 is 17.5 Å². The van der Waals surface area contributed by atoms with Crippen molar-refractivity contribution in [1.29, 1.82) is 0 Å². The van der Waals surface area contributed by atoms with E-state index in [4.69, 9.17) is 21.1 Å². The number of rotatable bonds is 7. The molecule has 0 aromatic heterocycles. The van der Waals surface area contributed by atoms with Crippen LogP contribution in [0.4, 0.5) is 0 Å². The van der Waals surface area contributed by atoms with Gasteiger partial charge in [0.05, 0.1) is 12.1 Å². The largest absolute Gasteiger partial charge is 0.493 e. The number of carbonyl (C=O) groups excluding carboxylic acids is 1. The lowest BCUT2D eigenvalue weighted by molar-refractivity contribution is -0.133. The summed E-state index contributed by atoms with van der Waals surface area (Å²) in [5, 5.41) is 3.47. The van der Waals surface area contributed by atoms with Crippen molar-refractivity contribution in [2.24, 2.45) is 0 Å². The molecule has 118 valence electrons. The molecule has 6 heteroatoms. The summed E-state index contributed by atoms with van der Waals surface area (Å²) >= 11 is 6.22. The smallest absolute Gasteiger partial charge is 0.260 e. The van der Waals surface area contributed by atoms with Gasteiger partial charge in [-0.25, -0.2) is 0 Å². The number of nitrogens with one attached hydrogen (secondary N) is 1. The first-order valence-electron chi connectivity index (χ1n) is 6.80. The Morgan fingerprint density at radius 1 is 1.43 bits per heavy atom. The van der Waals surface area contributed by atoms with Gasteiger partial charge in [0.1, 0.15) is 0 Å². The molecule has 1 amide bonds. The summed E-state index contributed by atoms with van der Waals surface area (Å²) < 4.78 is 10.8. The van der Waals surface area contributed by atoms with E-state index in [1.807, 2.05) is 27.0 Å². The third-order valence-corrected chi connectivity index (χ3v) is 3.46. The molecular weight excluding hydrogens is 292 g/mol. The van der Waals surface area contributed by atoms with E-state index in [1.165, 1.54) is 0 Å². The van der Waals surface area contributed by atoms with Crippen molar-refractivity contribution in [2.45, 2.75) is 26.4 Å². The van der Waals surface area contributed by atoms with Gasteiger partial charge in [0, 0.05) is 19.6 Å². The molecule has 1 rings (SSSR count). The first-order chi connectivity index (χ1) is 9.90. The summed E-state index contributed by atoms with van der Waals surface area (Å²) in [5.74, 6) is 0.805. The second kappa shape index (κ2) is 8.10. The zero-order valence-corrected chi connectivity index (χ0v) is 14.0. The summed E-state index contributed by atoms with van der Waals surface area (Å²) in [4.78, 5) is 13.6. The number of ether oxygens (including phenoxy) is 2. The highest BCUT2D eigenvalue weighted by molar-refractivity contribution is 6.32. The van der Waals surface area contributed by atoms with Crippen molar-refractivity contribution in [3.8, 4) is 11.5 Å². The van der Waals surface area contributed by atoms with Crippen LogP contribution in [0.5, 0.6) is 11.5 Å². The molecule has 1 aromatic carbocycles. The van der Waals surface area contributed by atoms with Crippen molar-refractivity contribution in [1.82, 2.24) is 10.2 Å². The molecule has 1 aromatic rings. The van der Waals surface area contributed by atoms with Crippen LogP contribution >= 0.6 is 11.6 Å². The molecule has 0 fully saturated rings. The first kappa shape index (κ1) is 17.6. The molecule has 0 saturated heterocycles. The quantitative estimate of drug-likeness (QED) is 0.839. The number of hydrogen-bond donors (Lipinski definition) is 1. The van der Waals surface area contributed by atoms with Gasteiger partial charge >= 0.3 is 0 Å². The van der Waals surface area contributed by atoms with Crippen molar-refractivity contribution in [3.05, 3.63) is 22.7 Å². The fourth-order valence-electron chi connectivity index (χ4n) is 1.74. The van der Waals surface area contributed by atoms with Gasteiger partial charge in [0.25, 0.3) is 5.91 Å². The van der Waals surface area contributed by atoms with Gasteiger partial charge in [0.15, 0.2) is 18.1 Å². The molecule has 0 atom stereocenters. The molecule has 0 bridgehead atoms. The first-order valence-corrected chi connectivity index (χ1v) is 7.18. The molecular formula is C15H23ClN2O3. The van der Waals surface area contributed by atoms with Crippen molar-refractivity contribution in [2.75, 3.05) is 27.8 Å². The second-order valence-electron chi connectivity index (χ2n) is 5.03. The van der Waals surface area contributed by atoms with Crippen LogP contribution in [0.25, 0.3) is 0 Å². The Kier molecular flexibility index (Phi) is 6.78. The van der Waals surface area contributed by atoms with Gasteiger partial charge in [0.2, 0.25) is 0 Å². The SMILES string of the molecule is CNCc1cc(Cl)c(OCC(=O)N(C)C(C)C)c(OC)c1. The van der Waals surface area contributed by atoms with E-state index in [1.54, 1.807) is 25.1 Å². The van der Waals surface area contributed by atoms with Gasteiger partial charge in [-0.3, -0.25) is 4.79 Å². The van der Waals surface area contributed by atoms with Crippen molar-refractivity contribution in [3.63, 3.8) is 0 Å². The summed E-state index contributed by atoms with van der Waals surface area (Å²) in [7, 11) is 5.14. The Hall–Kier alpha value is -1.46. The molecule has 0 unspecified atom stereocenters. The number of amides is 1. The van der Waals surface area contributed by atoms with Crippen LogP contribution in [-0.4, -0.2) is 44.7 Å². The number of methoxy groups -OCH3 is 1. The third kappa shape index (κ3) is 4.79. The summed E-state index contributed by atoms with van der Waals surface area (Å²) in [5.41, 5.74) is 0.984. The highest BCUT2D eigenvalue weighted by Crippen LogP contribution is 2.36. The topological polar surface area (TPSA) is 50.8 Å². The third-order valence-electron chi connectivity index (χ3n) is 3.18. The van der Waals surface area contributed by atoms with E-state index in [0.717, 1.165) is 5.56 Å². The highest BCUT2D eigenvalue weighted by Gasteiger charge is 2.16. The molecule has 0 heterocycles. The van der Waals surface area contributed by atoms with Gasteiger partial charge in [-0.05, 0) is 38.6 Å². The van der Waals surface area contributed by atoms with Crippen LogP contribution in [0.2, 0.25) is 5.02 Å². The van der Waals surface area contributed by atoms with Gasteiger partial charge in [-0.2, -0.15) is 0 Å². The maximum Gasteiger partial charge on any atom is 0.260 e. The lowest BCUT2D eigenvalue weighted by Crippen LogP contribution is -2.36. The van der Waals surface area contributed by atoms with E-state index >= 15 is 0 Å². The average molecular weight is 315 g/mol. The summed E-state index contributed by atoms with van der Waals surface area (Å²) in [6, 6.07) is 3.76. The Balaban J connectivity index is 2.85. The molecule has 1 N–H and O–H groups in total. The number of hydrogen-bond acceptors (Lipinski definition) is 4.